The summed E-state index contributed by atoms with van der Waals surface area (Å²) in [6, 6.07) is 0.535. The normalized spacial score (nSPS) is 31.9. The average molecular weight is 247 g/mol. The first kappa shape index (κ1) is 12.3. The molecule has 0 aromatic heterocycles. The molecule has 2 N–H and O–H groups in total. The molecule has 1 saturated heterocycles. The Kier molecular flexibility index (Phi) is 3.87. The van der Waals surface area contributed by atoms with Gasteiger partial charge < -0.3 is 10.4 Å². The second-order valence-electron chi connectivity index (χ2n) is 5.12. The van der Waals surface area contributed by atoms with Crippen molar-refractivity contribution >= 4 is 9.84 Å². The molecule has 0 bridgehead atoms. The Morgan fingerprint density at radius 2 is 1.94 bits per heavy atom. The van der Waals surface area contributed by atoms with Gasteiger partial charge in [0, 0.05) is 18.5 Å². The van der Waals surface area contributed by atoms with Crippen LogP contribution in [0.3, 0.4) is 0 Å². The first-order valence-electron chi connectivity index (χ1n) is 6.19. The number of hydrogen-bond acceptors (Lipinski definition) is 4. The molecule has 0 aromatic carbocycles. The fourth-order valence-corrected chi connectivity index (χ4v) is 4.58. The predicted octanol–water partition coefficient (Wildman–Crippen LogP) is 0.314. The van der Waals surface area contributed by atoms with Gasteiger partial charge in [0.25, 0.3) is 0 Å². The lowest BCUT2D eigenvalue weighted by molar-refractivity contribution is 0.115. The number of aliphatic hydroxyl groups excluding tert-OH is 1. The molecular weight excluding hydrogens is 226 g/mol. The molecule has 2 fully saturated rings. The van der Waals surface area contributed by atoms with Gasteiger partial charge in [-0.15, -0.1) is 0 Å². The van der Waals surface area contributed by atoms with Crippen LogP contribution >= 0.6 is 0 Å². The van der Waals surface area contributed by atoms with E-state index >= 15 is 0 Å². The maximum atomic E-state index is 11.3. The highest BCUT2D eigenvalue weighted by Crippen LogP contribution is 2.22. The highest BCUT2D eigenvalue weighted by Gasteiger charge is 2.32. The van der Waals surface area contributed by atoms with E-state index in [1.54, 1.807) is 0 Å². The third-order valence-corrected chi connectivity index (χ3v) is 5.58. The van der Waals surface area contributed by atoms with Crippen LogP contribution in [0.2, 0.25) is 0 Å². The molecule has 1 saturated carbocycles. The van der Waals surface area contributed by atoms with Crippen LogP contribution in [-0.4, -0.2) is 43.7 Å². The van der Waals surface area contributed by atoms with Crippen LogP contribution in [-0.2, 0) is 9.84 Å². The third kappa shape index (κ3) is 3.18. The van der Waals surface area contributed by atoms with E-state index in [0.29, 0.717) is 19.0 Å². The van der Waals surface area contributed by atoms with Crippen LogP contribution in [0.1, 0.15) is 32.1 Å². The first-order chi connectivity index (χ1) is 7.57. The predicted molar refractivity (Wildman–Crippen MR) is 63.0 cm³/mol. The Labute approximate surface area is 97.3 Å². The molecule has 4 nitrogen and oxygen atoms in total. The molecule has 0 spiro atoms. The third-order valence-electron chi connectivity index (χ3n) is 3.78. The summed E-state index contributed by atoms with van der Waals surface area (Å²) in [7, 11) is -2.87. The van der Waals surface area contributed by atoms with E-state index in [0.717, 1.165) is 0 Å². The summed E-state index contributed by atoms with van der Waals surface area (Å²) in [5.74, 6) is 0.359. The van der Waals surface area contributed by atoms with Crippen molar-refractivity contribution in [3.63, 3.8) is 0 Å². The van der Waals surface area contributed by atoms with Gasteiger partial charge in [0.05, 0.1) is 17.6 Å². The van der Waals surface area contributed by atoms with Crippen molar-refractivity contribution in [1.82, 2.24) is 5.32 Å². The highest BCUT2D eigenvalue weighted by molar-refractivity contribution is 7.91. The molecule has 1 aliphatic heterocycles. The van der Waals surface area contributed by atoms with Gasteiger partial charge in [-0.3, -0.25) is 0 Å². The number of rotatable bonds is 4. The monoisotopic (exact) mass is 247 g/mol. The van der Waals surface area contributed by atoms with Crippen LogP contribution in [0.5, 0.6) is 0 Å². The first-order valence-corrected chi connectivity index (χ1v) is 8.01. The number of aliphatic hydroxyl groups is 1. The Bertz CT molecular complexity index is 322. The van der Waals surface area contributed by atoms with E-state index < -0.39 is 15.9 Å². The second kappa shape index (κ2) is 5.02. The zero-order valence-corrected chi connectivity index (χ0v) is 10.4. The summed E-state index contributed by atoms with van der Waals surface area (Å²) in [4.78, 5) is 0. The van der Waals surface area contributed by atoms with E-state index in [1.165, 1.54) is 25.7 Å². The van der Waals surface area contributed by atoms with Gasteiger partial charge in [0.1, 0.15) is 0 Å². The topological polar surface area (TPSA) is 66.4 Å². The smallest absolute Gasteiger partial charge is 0.150 e. The number of hydrogen-bond donors (Lipinski definition) is 2. The molecule has 1 heterocycles. The van der Waals surface area contributed by atoms with Gasteiger partial charge in [-0.05, 0) is 19.3 Å². The second-order valence-corrected chi connectivity index (χ2v) is 7.35. The summed E-state index contributed by atoms with van der Waals surface area (Å²) < 4.78 is 22.5. The van der Waals surface area contributed by atoms with Gasteiger partial charge in [-0.2, -0.15) is 0 Å². The Hall–Kier alpha value is -0.130. The van der Waals surface area contributed by atoms with E-state index in [9.17, 15) is 13.5 Å². The van der Waals surface area contributed by atoms with Crippen LogP contribution in [0, 0.1) is 5.92 Å². The standard InChI is InChI=1S/C11H21NO3S/c13-11(7-12-10-3-1-2-4-10)9-5-6-16(14,15)8-9/h9-13H,1-8H2. The Morgan fingerprint density at radius 1 is 1.25 bits per heavy atom. The fourth-order valence-electron chi connectivity index (χ4n) is 2.71. The Balaban J connectivity index is 1.73. The van der Waals surface area contributed by atoms with Crippen molar-refractivity contribution in [2.24, 2.45) is 5.92 Å². The SMILES string of the molecule is O=S1(=O)CCC(C(O)CNC2CCCC2)C1. The van der Waals surface area contributed by atoms with Crippen molar-refractivity contribution in [3.05, 3.63) is 0 Å². The van der Waals surface area contributed by atoms with Gasteiger partial charge in [-0.1, -0.05) is 12.8 Å². The lowest BCUT2D eigenvalue weighted by Gasteiger charge is -2.20. The van der Waals surface area contributed by atoms with E-state index in [2.05, 4.69) is 5.32 Å². The van der Waals surface area contributed by atoms with E-state index in [4.69, 9.17) is 0 Å². The molecule has 94 valence electrons. The fraction of sp³-hybridized carbons (Fsp3) is 1.00. The van der Waals surface area contributed by atoms with E-state index in [1.807, 2.05) is 0 Å². The lowest BCUT2D eigenvalue weighted by atomic mass is 10.0. The summed E-state index contributed by atoms with van der Waals surface area (Å²) in [6.45, 7) is 0.546. The molecule has 0 aromatic rings. The minimum atomic E-state index is -2.87. The molecule has 0 radical (unpaired) electrons. The largest absolute Gasteiger partial charge is 0.391 e. The summed E-state index contributed by atoms with van der Waals surface area (Å²) in [5, 5.41) is 13.3. The summed E-state index contributed by atoms with van der Waals surface area (Å²) >= 11 is 0. The molecule has 16 heavy (non-hydrogen) atoms. The van der Waals surface area contributed by atoms with Crippen molar-refractivity contribution in [1.29, 1.82) is 0 Å². The highest BCUT2D eigenvalue weighted by atomic mass is 32.2. The van der Waals surface area contributed by atoms with Crippen molar-refractivity contribution in [3.8, 4) is 0 Å². The Morgan fingerprint density at radius 3 is 2.50 bits per heavy atom. The summed E-state index contributed by atoms with van der Waals surface area (Å²) in [6.07, 6.45) is 5.04. The summed E-state index contributed by atoms with van der Waals surface area (Å²) in [5.41, 5.74) is 0. The molecule has 1 aliphatic carbocycles. The van der Waals surface area contributed by atoms with Gasteiger partial charge in [0.2, 0.25) is 0 Å². The molecule has 5 heteroatoms. The molecule has 2 unspecified atom stereocenters. The van der Waals surface area contributed by atoms with Crippen LogP contribution in [0.15, 0.2) is 0 Å². The zero-order chi connectivity index (χ0) is 11.6. The molecule has 0 amide bonds. The zero-order valence-electron chi connectivity index (χ0n) is 9.56. The van der Waals surface area contributed by atoms with Crippen molar-refractivity contribution in [2.75, 3.05) is 18.1 Å². The van der Waals surface area contributed by atoms with E-state index in [-0.39, 0.29) is 17.4 Å². The molecule has 2 atom stereocenters. The van der Waals surface area contributed by atoms with Crippen molar-refractivity contribution in [2.45, 2.75) is 44.2 Å². The molecule has 2 aliphatic rings. The maximum Gasteiger partial charge on any atom is 0.150 e. The maximum absolute atomic E-state index is 11.3. The van der Waals surface area contributed by atoms with Gasteiger partial charge >= 0.3 is 0 Å². The van der Waals surface area contributed by atoms with Crippen molar-refractivity contribution < 1.29 is 13.5 Å². The number of nitrogens with one attached hydrogen (secondary N) is 1. The van der Waals surface area contributed by atoms with Gasteiger partial charge in [-0.25, -0.2) is 8.42 Å². The lowest BCUT2D eigenvalue weighted by Crippen LogP contribution is -2.38. The molecule has 2 rings (SSSR count). The quantitative estimate of drug-likeness (QED) is 0.750. The average Bonchev–Trinajstić information content (AvgIpc) is 2.83. The van der Waals surface area contributed by atoms with Crippen LogP contribution < -0.4 is 5.32 Å². The minimum absolute atomic E-state index is 0.0566. The van der Waals surface area contributed by atoms with Crippen LogP contribution in [0.4, 0.5) is 0 Å². The minimum Gasteiger partial charge on any atom is -0.391 e. The molecular formula is C11H21NO3S. The van der Waals surface area contributed by atoms with Gasteiger partial charge in [0.15, 0.2) is 9.84 Å². The number of sulfone groups is 1. The van der Waals surface area contributed by atoms with Crippen LogP contribution in [0.25, 0.3) is 0 Å².